The summed E-state index contributed by atoms with van der Waals surface area (Å²) in [6.07, 6.45) is 1.56. The zero-order chi connectivity index (χ0) is 5.86. The molecule has 0 aliphatic carbocycles. The Kier molecular flexibility index (Phi) is 15.9. The van der Waals surface area contributed by atoms with Crippen LogP contribution in [-0.4, -0.2) is 38.4 Å². The third-order valence-electron chi connectivity index (χ3n) is 0.770. The summed E-state index contributed by atoms with van der Waals surface area (Å²) in [7, 11) is 0. The predicted molar refractivity (Wildman–Crippen MR) is 35.6 cm³/mol. The average Bonchev–Trinajstić information content (AvgIpc) is 1.65. The van der Waals surface area contributed by atoms with Gasteiger partial charge in [-0.05, 0) is 13.8 Å². The van der Waals surface area contributed by atoms with Gasteiger partial charge in [0.05, 0.1) is 0 Å². The van der Waals surface area contributed by atoms with E-state index in [9.17, 15) is 4.79 Å². The van der Waals surface area contributed by atoms with Gasteiger partial charge in [0, 0.05) is 25.1 Å². The summed E-state index contributed by atoms with van der Waals surface area (Å²) < 4.78 is 0. The molecule has 48 valence electrons. The molecule has 0 spiro atoms. The van der Waals surface area contributed by atoms with Crippen molar-refractivity contribution in [1.29, 1.82) is 0 Å². The van der Waals surface area contributed by atoms with Crippen molar-refractivity contribution >= 4 is 33.3 Å². The van der Waals surface area contributed by atoms with Crippen LogP contribution < -0.4 is 0 Å². The summed E-state index contributed by atoms with van der Waals surface area (Å²) in [6, 6.07) is 0. The minimum absolute atomic E-state index is 0. The van der Waals surface area contributed by atoms with Crippen LogP contribution in [0.5, 0.6) is 0 Å². The Labute approximate surface area is 87.6 Å². The second-order valence-electron chi connectivity index (χ2n) is 1.28. The fraction of sp³-hybridized carbons (Fsp3) is 0.400. The molecule has 0 heterocycles. The summed E-state index contributed by atoms with van der Waals surface area (Å²) >= 11 is 0. The Morgan fingerprint density at radius 2 is 1.89 bits per heavy atom. The van der Waals surface area contributed by atoms with E-state index < -0.39 is 5.97 Å². The van der Waals surface area contributed by atoms with Gasteiger partial charge in [0.15, 0.2) is 0 Å². The van der Waals surface area contributed by atoms with Crippen LogP contribution in [0, 0.1) is 0 Å². The molecule has 0 rings (SSSR count). The number of allylic oxidation sites excluding steroid dienone is 1. The summed E-state index contributed by atoms with van der Waals surface area (Å²) in [4.78, 5) is 9.86. The number of aliphatic carboxylic acids is 1. The van der Waals surface area contributed by atoms with Crippen molar-refractivity contribution < 1.29 is 29.4 Å². The van der Waals surface area contributed by atoms with Crippen molar-refractivity contribution in [1.82, 2.24) is 0 Å². The zero-order valence-electron chi connectivity index (χ0n) is 5.85. The Morgan fingerprint density at radius 3 is 1.89 bits per heavy atom. The predicted octanol–water partition coefficient (Wildman–Crippen LogP) is 0.119. The molecule has 4 heteroatoms. The Balaban J connectivity index is -0.000000180. The molecule has 0 aliphatic rings. The first-order chi connectivity index (χ1) is 3.18. The molecule has 0 bridgehead atoms. The first-order valence-corrected chi connectivity index (χ1v) is 2.04. The van der Waals surface area contributed by atoms with Crippen molar-refractivity contribution in [3.8, 4) is 0 Å². The van der Waals surface area contributed by atoms with Crippen molar-refractivity contribution in [2.45, 2.75) is 13.8 Å². The second kappa shape index (κ2) is 8.76. The minimum atomic E-state index is -0.845. The van der Waals surface area contributed by atoms with Crippen molar-refractivity contribution in [3.05, 3.63) is 11.6 Å². The molecule has 0 aromatic carbocycles. The summed E-state index contributed by atoms with van der Waals surface area (Å²) in [5.74, 6) is -0.845. The van der Waals surface area contributed by atoms with Gasteiger partial charge in [-0.3, -0.25) is 0 Å². The normalized spacial score (nSPS) is 8.89. The summed E-state index contributed by atoms with van der Waals surface area (Å²) in [5, 5.41) is 8.11. The monoisotopic (exact) mass is 374 g/mol. The first-order valence-electron chi connectivity index (χ1n) is 2.04. The van der Waals surface area contributed by atoms with E-state index in [0.717, 1.165) is 0 Å². The van der Waals surface area contributed by atoms with E-state index in [-0.39, 0.29) is 46.8 Å². The van der Waals surface area contributed by atoms with Crippen LogP contribution >= 0.6 is 0 Å². The molecule has 9 heavy (non-hydrogen) atoms. The van der Waals surface area contributed by atoms with Gasteiger partial charge in [-0.25, -0.2) is 4.79 Å². The molecule has 0 aromatic rings. The molecule has 0 saturated heterocycles. The molecule has 1 N–H and O–H groups in total. The second-order valence-corrected chi connectivity index (χ2v) is 1.28. The van der Waals surface area contributed by atoms with Gasteiger partial charge in [0.25, 0.3) is 0 Å². The Morgan fingerprint density at radius 1 is 1.56 bits per heavy atom. The number of carboxylic acids is 1. The summed E-state index contributed by atoms with van der Waals surface area (Å²) in [6.45, 7) is 3.26. The molecule has 2 nitrogen and oxygen atoms in total. The number of carboxylic acid groups (broad SMARTS) is 1. The third kappa shape index (κ3) is 8.76. The van der Waals surface area contributed by atoms with E-state index >= 15 is 0 Å². The molecule has 0 fully saturated rings. The standard InChI is InChI=1S/C5H8O2.Pb.Zn.2H/c1-3-4(2)5(6)7;;;;/h3H,1-2H3,(H,6,7);;;;. The maximum absolute atomic E-state index is 9.86. The van der Waals surface area contributed by atoms with E-state index in [1.165, 1.54) is 0 Å². The first kappa shape index (κ1) is 16.4. The topological polar surface area (TPSA) is 37.3 Å². The van der Waals surface area contributed by atoms with Crippen LogP contribution in [0.1, 0.15) is 13.8 Å². The van der Waals surface area contributed by atoms with Gasteiger partial charge in [0.1, 0.15) is 0 Å². The van der Waals surface area contributed by atoms with Gasteiger partial charge >= 0.3 is 33.3 Å². The van der Waals surface area contributed by atoms with Crippen LogP contribution in [0.25, 0.3) is 0 Å². The zero-order valence-corrected chi connectivity index (χ0v) is 14.3. The molecule has 0 unspecified atom stereocenters. The van der Waals surface area contributed by atoms with Crippen molar-refractivity contribution in [2.24, 2.45) is 0 Å². The molecule has 0 aliphatic heterocycles. The largest absolute Gasteiger partial charge is 0 e. The molecule has 0 amide bonds. The molecule has 0 saturated carbocycles. The maximum Gasteiger partial charge on any atom is 0 e. The fourth-order valence-corrected chi connectivity index (χ4v) is 0.123. The van der Waals surface area contributed by atoms with Gasteiger partial charge in [-0.1, -0.05) is 6.08 Å². The number of carbonyl (C=O) groups is 1. The van der Waals surface area contributed by atoms with E-state index in [1.54, 1.807) is 19.9 Å². The van der Waals surface area contributed by atoms with E-state index in [2.05, 4.69) is 0 Å². The smallest absolute Gasteiger partial charge is 0 e. The molecule has 0 atom stereocenters. The SMILES string of the molecule is CC=C(C)C(=O)O.[PbH2].[Zn]. The van der Waals surface area contributed by atoms with Gasteiger partial charge in [-0.2, -0.15) is 0 Å². The third-order valence-corrected chi connectivity index (χ3v) is 0.770. The van der Waals surface area contributed by atoms with Gasteiger partial charge < -0.3 is 5.11 Å². The number of hydrogen-bond acceptors (Lipinski definition) is 1. The summed E-state index contributed by atoms with van der Waals surface area (Å²) in [5.41, 5.74) is 0.389. The number of hydrogen-bond donors (Lipinski definition) is 1. The Hall–Kier alpha value is 0.755. The van der Waals surface area contributed by atoms with Gasteiger partial charge in [-0.15, -0.1) is 0 Å². The number of rotatable bonds is 1. The fourth-order valence-electron chi connectivity index (χ4n) is 0.123. The van der Waals surface area contributed by atoms with Crippen molar-refractivity contribution in [2.75, 3.05) is 0 Å². The minimum Gasteiger partial charge on any atom is 0 e. The quantitative estimate of drug-likeness (QED) is 0.523. The van der Waals surface area contributed by atoms with Crippen LogP contribution in [0.4, 0.5) is 0 Å². The van der Waals surface area contributed by atoms with Crippen molar-refractivity contribution in [3.63, 3.8) is 0 Å². The van der Waals surface area contributed by atoms with E-state index in [4.69, 9.17) is 5.11 Å². The molecule has 0 aromatic heterocycles. The molecular weight excluding hydrogens is 365 g/mol. The van der Waals surface area contributed by atoms with Crippen LogP contribution in [0.15, 0.2) is 11.6 Å². The van der Waals surface area contributed by atoms with E-state index in [1.807, 2.05) is 0 Å². The van der Waals surface area contributed by atoms with Crippen LogP contribution in [0.2, 0.25) is 0 Å². The molecular formula is C5H10O2PbZn. The maximum atomic E-state index is 9.86. The van der Waals surface area contributed by atoms with Crippen LogP contribution in [-0.2, 0) is 24.3 Å². The van der Waals surface area contributed by atoms with Crippen LogP contribution in [0.3, 0.4) is 0 Å². The Bertz CT molecular complexity index is 112. The average molecular weight is 375 g/mol. The van der Waals surface area contributed by atoms with Gasteiger partial charge in [0.2, 0.25) is 0 Å². The molecule has 2 radical (unpaired) electrons. The van der Waals surface area contributed by atoms with E-state index in [0.29, 0.717) is 5.57 Å².